The lowest BCUT2D eigenvalue weighted by atomic mass is 9.95. The summed E-state index contributed by atoms with van der Waals surface area (Å²) < 4.78 is 0. The normalized spacial score (nSPS) is 29.4. The van der Waals surface area contributed by atoms with Crippen LogP contribution in [0, 0.1) is 0 Å². The van der Waals surface area contributed by atoms with Crippen LogP contribution in [0.25, 0.3) is 0 Å². The molecule has 2 aliphatic carbocycles. The lowest BCUT2D eigenvalue weighted by molar-refractivity contribution is -0.121. The molecule has 0 aliphatic heterocycles. The number of amides is 1. The van der Waals surface area contributed by atoms with E-state index >= 15 is 0 Å². The molecule has 0 unspecified atom stereocenters. The highest BCUT2D eigenvalue weighted by Gasteiger charge is 2.21. The fraction of sp³-hybridized carbons (Fsp3) is 0.929. The molecule has 2 fully saturated rings. The summed E-state index contributed by atoms with van der Waals surface area (Å²) in [5.74, 6) is 0.189. The summed E-state index contributed by atoms with van der Waals surface area (Å²) in [5.41, 5.74) is 0. The highest BCUT2D eigenvalue weighted by Crippen LogP contribution is 2.26. The topological polar surface area (TPSA) is 41.1 Å². The lowest BCUT2D eigenvalue weighted by Gasteiger charge is -2.28. The molecule has 0 atom stereocenters. The molecule has 2 aliphatic rings. The lowest BCUT2D eigenvalue weighted by Crippen LogP contribution is -2.43. The fourth-order valence-corrected chi connectivity index (χ4v) is 3.83. The third-order valence-electron chi connectivity index (χ3n) is 4.28. The maximum Gasteiger partial charge on any atom is 0.234 e. The summed E-state index contributed by atoms with van der Waals surface area (Å²) >= 11 is 1.99. The van der Waals surface area contributed by atoms with E-state index in [0.29, 0.717) is 18.6 Å². The number of hydrogen-bond donors (Lipinski definition) is 2. The van der Waals surface area contributed by atoms with Gasteiger partial charge in [0.25, 0.3) is 0 Å². The monoisotopic (exact) mass is 270 g/mol. The van der Waals surface area contributed by atoms with E-state index in [1.54, 1.807) is 0 Å². The first-order valence-electron chi connectivity index (χ1n) is 7.33. The van der Waals surface area contributed by atoms with Crippen LogP contribution in [0.5, 0.6) is 0 Å². The molecule has 4 heteroatoms. The molecule has 0 radical (unpaired) electrons. The Bertz CT molecular complexity index is 259. The zero-order valence-corrected chi connectivity index (χ0v) is 12.2. The van der Waals surface area contributed by atoms with E-state index in [2.05, 4.69) is 16.9 Å². The van der Waals surface area contributed by atoms with E-state index in [-0.39, 0.29) is 5.91 Å². The van der Waals surface area contributed by atoms with Gasteiger partial charge in [-0.2, -0.15) is 11.8 Å². The first-order valence-corrected chi connectivity index (χ1v) is 8.62. The first-order chi connectivity index (χ1) is 8.78. The van der Waals surface area contributed by atoms with Crippen molar-refractivity contribution in [2.24, 2.45) is 0 Å². The van der Waals surface area contributed by atoms with Crippen LogP contribution < -0.4 is 10.6 Å². The van der Waals surface area contributed by atoms with Crippen molar-refractivity contribution in [1.82, 2.24) is 10.6 Å². The second-order valence-corrected chi connectivity index (χ2v) is 6.78. The van der Waals surface area contributed by atoms with Crippen molar-refractivity contribution < 1.29 is 4.79 Å². The molecule has 0 aromatic carbocycles. The van der Waals surface area contributed by atoms with Gasteiger partial charge in [-0.05, 0) is 44.8 Å². The highest BCUT2D eigenvalue weighted by atomic mass is 32.2. The predicted molar refractivity (Wildman–Crippen MR) is 78.0 cm³/mol. The first kappa shape index (κ1) is 14.2. The largest absolute Gasteiger partial charge is 0.352 e. The van der Waals surface area contributed by atoms with Crippen LogP contribution in [0.15, 0.2) is 0 Å². The Hall–Kier alpha value is -0.220. The maximum atomic E-state index is 11.8. The van der Waals surface area contributed by atoms with Crippen LogP contribution in [0.1, 0.15) is 51.4 Å². The number of rotatable bonds is 5. The molecule has 0 aromatic rings. The van der Waals surface area contributed by atoms with Crippen LogP contribution in [0.3, 0.4) is 0 Å². The van der Waals surface area contributed by atoms with Gasteiger partial charge in [-0.3, -0.25) is 4.79 Å². The molecule has 3 nitrogen and oxygen atoms in total. The molecule has 2 N–H and O–H groups in total. The van der Waals surface area contributed by atoms with Gasteiger partial charge in [0.1, 0.15) is 0 Å². The fourth-order valence-electron chi connectivity index (χ4n) is 3.09. The van der Waals surface area contributed by atoms with Crippen LogP contribution in [0.2, 0.25) is 0 Å². The summed E-state index contributed by atoms with van der Waals surface area (Å²) in [6.45, 7) is 0.505. The predicted octanol–water partition coefficient (Wildman–Crippen LogP) is 2.31. The summed E-state index contributed by atoms with van der Waals surface area (Å²) in [6, 6.07) is 1.01. The van der Waals surface area contributed by atoms with Crippen molar-refractivity contribution in [1.29, 1.82) is 0 Å². The van der Waals surface area contributed by atoms with Gasteiger partial charge in [0.15, 0.2) is 0 Å². The van der Waals surface area contributed by atoms with E-state index in [4.69, 9.17) is 0 Å². The average Bonchev–Trinajstić information content (AvgIpc) is 2.90. The van der Waals surface area contributed by atoms with Gasteiger partial charge in [0.05, 0.1) is 6.54 Å². The van der Waals surface area contributed by atoms with Crippen molar-refractivity contribution in [3.63, 3.8) is 0 Å². The Morgan fingerprint density at radius 2 is 1.72 bits per heavy atom. The van der Waals surface area contributed by atoms with E-state index < -0.39 is 0 Å². The van der Waals surface area contributed by atoms with E-state index in [1.165, 1.54) is 51.4 Å². The van der Waals surface area contributed by atoms with Crippen LogP contribution in [0.4, 0.5) is 0 Å². The number of carbonyl (C=O) groups is 1. The summed E-state index contributed by atoms with van der Waals surface area (Å²) in [4.78, 5) is 11.8. The van der Waals surface area contributed by atoms with Crippen molar-refractivity contribution in [3.05, 3.63) is 0 Å². The minimum atomic E-state index is 0.189. The van der Waals surface area contributed by atoms with Gasteiger partial charge in [0.2, 0.25) is 5.91 Å². The number of nitrogens with one attached hydrogen (secondary N) is 2. The van der Waals surface area contributed by atoms with Crippen LogP contribution >= 0.6 is 11.8 Å². The van der Waals surface area contributed by atoms with E-state index in [9.17, 15) is 4.79 Å². The van der Waals surface area contributed by atoms with Crippen molar-refractivity contribution >= 4 is 17.7 Å². The van der Waals surface area contributed by atoms with Crippen LogP contribution in [-0.4, -0.2) is 36.0 Å². The zero-order chi connectivity index (χ0) is 12.8. The van der Waals surface area contributed by atoms with Gasteiger partial charge < -0.3 is 10.6 Å². The van der Waals surface area contributed by atoms with Gasteiger partial charge in [0, 0.05) is 17.3 Å². The molecule has 0 aromatic heterocycles. The number of thioether (sulfide) groups is 1. The minimum Gasteiger partial charge on any atom is -0.352 e. The summed E-state index contributed by atoms with van der Waals surface area (Å²) in [7, 11) is 0. The second-order valence-electron chi connectivity index (χ2n) is 5.64. The van der Waals surface area contributed by atoms with Crippen molar-refractivity contribution in [2.45, 2.75) is 68.7 Å². The number of carbonyl (C=O) groups excluding carboxylic acids is 1. The quantitative estimate of drug-likeness (QED) is 0.805. The highest BCUT2D eigenvalue weighted by molar-refractivity contribution is 7.99. The SMILES string of the molecule is CSC1CCC(NCC(=O)NC2CCCC2)CC1. The molecular weight excluding hydrogens is 244 g/mol. The molecule has 0 saturated heterocycles. The molecule has 0 heterocycles. The van der Waals surface area contributed by atoms with E-state index in [0.717, 1.165) is 5.25 Å². The minimum absolute atomic E-state index is 0.189. The molecule has 2 saturated carbocycles. The maximum absolute atomic E-state index is 11.8. The Labute approximate surface area is 115 Å². The van der Waals surface area contributed by atoms with E-state index in [1.807, 2.05) is 11.8 Å². The van der Waals surface area contributed by atoms with Gasteiger partial charge in [-0.1, -0.05) is 12.8 Å². The molecule has 0 spiro atoms. The second kappa shape index (κ2) is 7.39. The Morgan fingerprint density at radius 3 is 2.33 bits per heavy atom. The Kier molecular flexibility index (Phi) is 5.83. The zero-order valence-electron chi connectivity index (χ0n) is 11.4. The van der Waals surface area contributed by atoms with Gasteiger partial charge in [-0.25, -0.2) is 0 Å². The molecule has 1 amide bonds. The molecule has 0 bridgehead atoms. The molecule has 18 heavy (non-hydrogen) atoms. The Morgan fingerprint density at radius 1 is 1.06 bits per heavy atom. The molecular formula is C14H26N2OS. The Balaban J connectivity index is 1.58. The third kappa shape index (κ3) is 4.47. The standard InChI is InChI=1S/C14H26N2OS/c1-18-13-8-6-11(7-9-13)15-10-14(17)16-12-4-2-3-5-12/h11-13,15H,2-10H2,1H3,(H,16,17). The van der Waals surface area contributed by atoms with Gasteiger partial charge >= 0.3 is 0 Å². The third-order valence-corrected chi connectivity index (χ3v) is 5.42. The summed E-state index contributed by atoms with van der Waals surface area (Å²) in [5, 5.41) is 7.39. The molecule has 104 valence electrons. The molecule has 2 rings (SSSR count). The smallest absolute Gasteiger partial charge is 0.234 e. The van der Waals surface area contributed by atoms with Gasteiger partial charge in [-0.15, -0.1) is 0 Å². The summed E-state index contributed by atoms with van der Waals surface area (Å²) in [6.07, 6.45) is 12.1. The average molecular weight is 270 g/mol. The number of hydrogen-bond acceptors (Lipinski definition) is 3. The van der Waals surface area contributed by atoms with Crippen molar-refractivity contribution in [3.8, 4) is 0 Å². The van der Waals surface area contributed by atoms with Crippen molar-refractivity contribution in [2.75, 3.05) is 12.8 Å². The van der Waals surface area contributed by atoms with Crippen LogP contribution in [-0.2, 0) is 4.79 Å².